The number of hydrogen-bond donors (Lipinski definition) is 0. The minimum absolute atomic E-state index is 0.0901. The third-order valence-corrected chi connectivity index (χ3v) is 13.9. The maximum Gasteiger partial charge on any atom is 0.0543 e. The van der Waals surface area contributed by atoms with Crippen molar-refractivity contribution in [2.75, 3.05) is 4.90 Å². The van der Waals surface area contributed by atoms with E-state index in [-0.39, 0.29) is 5.41 Å². The van der Waals surface area contributed by atoms with E-state index in [1.807, 2.05) is 22.7 Å². The molecule has 0 amide bonds. The summed E-state index contributed by atoms with van der Waals surface area (Å²) in [5, 5.41) is 5.31. The van der Waals surface area contributed by atoms with Crippen molar-refractivity contribution in [2.45, 2.75) is 19.3 Å². The highest BCUT2D eigenvalue weighted by molar-refractivity contribution is 7.26. The number of benzene rings is 8. The van der Waals surface area contributed by atoms with E-state index in [1.54, 1.807) is 0 Å². The molecular weight excluding hydrogens is 691 g/mol. The number of hydrogen-bond acceptors (Lipinski definition) is 3. The first-order chi connectivity index (χ1) is 26.5. The molecule has 256 valence electrons. The molecule has 0 radical (unpaired) electrons. The number of anilines is 3. The number of fused-ring (bicyclic) bond motifs is 9. The van der Waals surface area contributed by atoms with Gasteiger partial charge in [0, 0.05) is 62.7 Å². The van der Waals surface area contributed by atoms with Crippen LogP contribution in [0.2, 0.25) is 0 Å². The van der Waals surface area contributed by atoms with Crippen LogP contribution in [0.15, 0.2) is 176 Å². The van der Waals surface area contributed by atoms with Crippen molar-refractivity contribution in [1.82, 2.24) is 0 Å². The van der Waals surface area contributed by atoms with Crippen LogP contribution < -0.4 is 4.90 Å². The molecule has 1 aliphatic carbocycles. The zero-order valence-corrected chi connectivity index (χ0v) is 31.6. The minimum Gasteiger partial charge on any atom is -0.310 e. The smallest absolute Gasteiger partial charge is 0.0543 e. The summed E-state index contributed by atoms with van der Waals surface area (Å²) in [6, 6.07) is 65.2. The number of nitrogens with zero attached hydrogens (tertiary/aromatic N) is 1. The Kier molecular flexibility index (Phi) is 7.01. The number of thiophene rings is 2. The van der Waals surface area contributed by atoms with Gasteiger partial charge in [0.2, 0.25) is 0 Å². The number of rotatable bonds is 5. The van der Waals surface area contributed by atoms with E-state index in [4.69, 9.17) is 0 Å². The van der Waals surface area contributed by atoms with Crippen molar-refractivity contribution in [3.63, 3.8) is 0 Å². The van der Waals surface area contributed by atoms with Gasteiger partial charge in [-0.2, -0.15) is 0 Å². The third kappa shape index (κ3) is 4.69. The molecule has 2 aromatic heterocycles. The van der Waals surface area contributed by atoms with Crippen LogP contribution in [0.25, 0.3) is 73.7 Å². The van der Waals surface area contributed by atoms with E-state index in [0.29, 0.717) is 0 Å². The van der Waals surface area contributed by atoms with Crippen LogP contribution in [0, 0.1) is 0 Å². The van der Waals surface area contributed by atoms with Gasteiger partial charge in [0.1, 0.15) is 0 Å². The molecule has 0 atom stereocenters. The van der Waals surface area contributed by atoms with Gasteiger partial charge in [0.25, 0.3) is 0 Å². The summed E-state index contributed by atoms with van der Waals surface area (Å²) in [6.45, 7) is 4.72. The fraction of sp³-hybridized carbons (Fsp3) is 0.0588. The first-order valence-corrected chi connectivity index (χ1v) is 20.2. The molecule has 10 aromatic rings. The van der Waals surface area contributed by atoms with Gasteiger partial charge in [-0.15, -0.1) is 22.7 Å². The Morgan fingerprint density at radius 3 is 1.41 bits per heavy atom. The van der Waals surface area contributed by atoms with Gasteiger partial charge in [0.05, 0.1) is 5.69 Å². The molecule has 0 aliphatic heterocycles. The Morgan fingerprint density at radius 2 is 0.833 bits per heavy atom. The van der Waals surface area contributed by atoms with Crippen LogP contribution in [0.4, 0.5) is 17.1 Å². The Balaban J connectivity index is 1.07. The van der Waals surface area contributed by atoms with Crippen LogP contribution in [-0.4, -0.2) is 0 Å². The van der Waals surface area contributed by atoms with E-state index in [1.165, 1.54) is 90.5 Å². The monoisotopic (exact) mass is 725 g/mol. The molecule has 54 heavy (non-hydrogen) atoms. The summed E-state index contributed by atoms with van der Waals surface area (Å²) in [4.78, 5) is 2.46. The fourth-order valence-corrected chi connectivity index (χ4v) is 11.4. The maximum absolute atomic E-state index is 2.46. The van der Waals surface area contributed by atoms with Crippen molar-refractivity contribution >= 4 is 80.1 Å². The predicted octanol–water partition coefficient (Wildman–Crippen LogP) is 15.5. The molecule has 0 spiro atoms. The van der Waals surface area contributed by atoms with Gasteiger partial charge in [-0.1, -0.05) is 147 Å². The van der Waals surface area contributed by atoms with Crippen molar-refractivity contribution in [1.29, 1.82) is 0 Å². The van der Waals surface area contributed by atoms with Crippen LogP contribution in [0.5, 0.6) is 0 Å². The predicted molar refractivity (Wildman–Crippen MR) is 235 cm³/mol. The Hall–Kier alpha value is -6.00. The first kappa shape index (κ1) is 31.5. The summed E-state index contributed by atoms with van der Waals surface area (Å²) in [5.41, 5.74) is 13.8. The molecule has 0 fully saturated rings. The standard InChI is InChI=1S/C51H35NS2/c1-51(2)43-19-6-3-14-42(43)48-44(51)20-11-21-45(48)52(34-28-24-32(25-29-34)36-15-9-17-40-38-12-4-7-22-46(38)53-49(36)40)35-30-26-33(27-31-35)37-16-10-18-41-39-13-5-8-23-47(39)54-50(37)41/h3-31H,1-2H3. The van der Waals surface area contributed by atoms with Crippen molar-refractivity contribution in [3.8, 4) is 33.4 Å². The summed E-state index contributed by atoms with van der Waals surface area (Å²) in [6.07, 6.45) is 0. The highest BCUT2D eigenvalue weighted by Crippen LogP contribution is 2.54. The molecule has 0 saturated carbocycles. The average Bonchev–Trinajstić information content (AvgIpc) is 3.87. The highest BCUT2D eigenvalue weighted by atomic mass is 32.1. The van der Waals surface area contributed by atoms with Gasteiger partial charge in [0.15, 0.2) is 0 Å². The van der Waals surface area contributed by atoms with E-state index < -0.39 is 0 Å². The summed E-state index contributed by atoms with van der Waals surface area (Å²) in [5.74, 6) is 0. The SMILES string of the molecule is CC1(C)c2ccccc2-c2c(N(c3ccc(-c4cccc5c4sc4ccccc45)cc3)c3ccc(-c4cccc5c4sc4ccccc45)cc3)cccc21. The zero-order chi connectivity index (χ0) is 36.0. The largest absolute Gasteiger partial charge is 0.310 e. The molecule has 0 bridgehead atoms. The molecule has 8 aromatic carbocycles. The second-order valence-electron chi connectivity index (χ2n) is 14.9. The summed E-state index contributed by atoms with van der Waals surface area (Å²) < 4.78 is 5.34. The second kappa shape index (κ2) is 12.0. The molecule has 1 aliphatic rings. The third-order valence-electron chi connectivity index (χ3n) is 11.5. The molecule has 3 heteroatoms. The molecule has 0 saturated heterocycles. The van der Waals surface area contributed by atoms with E-state index in [9.17, 15) is 0 Å². The summed E-state index contributed by atoms with van der Waals surface area (Å²) in [7, 11) is 0. The average molecular weight is 726 g/mol. The van der Waals surface area contributed by atoms with Gasteiger partial charge in [-0.3, -0.25) is 0 Å². The van der Waals surface area contributed by atoms with Crippen LogP contribution in [0.1, 0.15) is 25.0 Å². The van der Waals surface area contributed by atoms with Crippen molar-refractivity contribution in [2.24, 2.45) is 0 Å². The lowest BCUT2D eigenvalue weighted by Crippen LogP contribution is -2.16. The summed E-state index contributed by atoms with van der Waals surface area (Å²) >= 11 is 3.77. The van der Waals surface area contributed by atoms with E-state index in [0.717, 1.165) is 11.4 Å². The van der Waals surface area contributed by atoms with Crippen LogP contribution >= 0.6 is 22.7 Å². The Morgan fingerprint density at radius 1 is 0.389 bits per heavy atom. The van der Waals surface area contributed by atoms with E-state index >= 15 is 0 Å². The van der Waals surface area contributed by atoms with Gasteiger partial charge in [-0.25, -0.2) is 0 Å². The molecule has 0 unspecified atom stereocenters. The Labute approximate surface area is 323 Å². The topological polar surface area (TPSA) is 3.24 Å². The zero-order valence-electron chi connectivity index (χ0n) is 30.0. The Bertz CT molecular complexity index is 2910. The van der Waals surface area contributed by atoms with Crippen molar-refractivity contribution in [3.05, 3.63) is 187 Å². The molecule has 1 nitrogen and oxygen atoms in total. The van der Waals surface area contributed by atoms with Gasteiger partial charge < -0.3 is 4.90 Å². The molecule has 11 rings (SSSR count). The normalized spacial score (nSPS) is 13.1. The molecular formula is C51H35NS2. The highest BCUT2D eigenvalue weighted by Gasteiger charge is 2.37. The molecule has 2 heterocycles. The van der Waals surface area contributed by atoms with Crippen LogP contribution in [0.3, 0.4) is 0 Å². The van der Waals surface area contributed by atoms with Gasteiger partial charge >= 0.3 is 0 Å². The fourth-order valence-electron chi connectivity index (χ4n) is 8.88. The molecule has 0 N–H and O–H groups in total. The maximum atomic E-state index is 2.46. The first-order valence-electron chi connectivity index (χ1n) is 18.6. The van der Waals surface area contributed by atoms with Gasteiger partial charge in [-0.05, 0) is 81.4 Å². The quantitative estimate of drug-likeness (QED) is 0.171. The minimum atomic E-state index is -0.0901. The second-order valence-corrected chi connectivity index (χ2v) is 17.0. The lowest BCUT2D eigenvalue weighted by Gasteiger charge is -2.29. The lowest BCUT2D eigenvalue weighted by atomic mass is 9.82. The van der Waals surface area contributed by atoms with Crippen LogP contribution in [-0.2, 0) is 5.41 Å². The van der Waals surface area contributed by atoms with E-state index in [2.05, 4.69) is 195 Å². The lowest BCUT2D eigenvalue weighted by molar-refractivity contribution is 0.660. The van der Waals surface area contributed by atoms with Crippen molar-refractivity contribution < 1.29 is 0 Å².